The molecule has 25 heavy (non-hydrogen) atoms. The van der Waals surface area contributed by atoms with Crippen molar-refractivity contribution in [2.75, 3.05) is 13.1 Å². The van der Waals surface area contributed by atoms with E-state index in [4.69, 9.17) is 0 Å². The SMILES string of the molecule is Cc1ccccc1C[C@H]1CCN(C(=O)CCCn2ccnc2)C[C@@H]1O. The second-order valence-electron chi connectivity index (χ2n) is 6.99. The van der Waals surface area contributed by atoms with Crippen LogP contribution in [0.3, 0.4) is 0 Å². The number of carbonyl (C=O) groups is 1. The Morgan fingerprint density at radius 2 is 2.20 bits per heavy atom. The smallest absolute Gasteiger partial charge is 0.222 e. The third-order valence-corrected chi connectivity index (χ3v) is 5.18. The zero-order valence-electron chi connectivity index (χ0n) is 14.8. The van der Waals surface area contributed by atoms with Gasteiger partial charge in [0.2, 0.25) is 5.91 Å². The van der Waals surface area contributed by atoms with Crippen molar-refractivity contribution in [3.8, 4) is 0 Å². The fourth-order valence-corrected chi connectivity index (χ4v) is 3.56. The van der Waals surface area contributed by atoms with Crippen LogP contribution in [0.5, 0.6) is 0 Å². The monoisotopic (exact) mass is 341 g/mol. The van der Waals surface area contributed by atoms with Gasteiger partial charge in [0.05, 0.1) is 12.4 Å². The number of hydrogen-bond acceptors (Lipinski definition) is 3. The van der Waals surface area contributed by atoms with E-state index in [2.05, 4.69) is 24.0 Å². The molecule has 0 aliphatic carbocycles. The maximum atomic E-state index is 12.4. The van der Waals surface area contributed by atoms with E-state index in [0.717, 1.165) is 32.4 Å². The molecule has 1 aromatic carbocycles. The summed E-state index contributed by atoms with van der Waals surface area (Å²) in [5.41, 5.74) is 2.57. The molecule has 3 rings (SSSR count). The largest absolute Gasteiger partial charge is 0.391 e. The van der Waals surface area contributed by atoms with Gasteiger partial charge in [-0.05, 0) is 43.2 Å². The molecule has 1 fully saturated rings. The molecule has 5 heteroatoms. The lowest BCUT2D eigenvalue weighted by Gasteiger charge is -2.36. The van der Waals surface area contributed by atoms with Crippen LogP contribution in [0.1, 0.15) is 30.4 Å². The standard InChI is InChI=1S/C20H27N3O2/c1-16-5-2-3-6-17(16)13-18-8-11-23(14-19(18)24)20(25)7-4-10-22-12-9-21-15-22/h2-3,5-6,9,12,15,18-19,24H,4,7-8,10-11,13-14H2,1H3/t18-,19+/m1/s1. The maximum absolute atomic E-state index is 12.4. The summed E-state index contributed by atoms with van der Waals surface area (Å²) < 4.78 is 1.98. The molecule has 1 saturated heterocycles. The predicted molar refractivity (Wildman–Crippen MR) is 97.0 cm³/mol. The van der Waals surface area contributed by atoms with Gasteiger partial charge in [-0.25, -0.2) is 4.98 Å². The normalized spacial score (nSPS) is 20.6. The first-order valence-electron chi connectivity index (χ1n) is 9.09. The number of piperidine rings is 1. The van der Waals surface area contributed by atoms with Gasteiger partial charge < -0.3 is 14.6 Å². The number of aromatic nitrogens is 2. The third-order valence-electron chi connectivity index (χ3n) is 5.18. The number of aryl methyl sites for hydroxylation is 2. The fraction of sp³-hybridized carbons (Fsp3) is 0.500. The van der Waals surface area contributed by atoms with E-state index in [-0.39, 0.29) is 11.8 Å². The number of nitrogens with zero attached hydrogens (tertiary/aromatic N) is 3. The van der Waals surface area contributed by atoms with E-state index in [0.29, 0.717) is 13.0 Å². The van der Waals surface area contributed by atoms with Crippen LogP contribution in [0.15, 0.2) is 43.0 Å². The van der Waals surface area contributed by atoms with Crippen molar-refractivity contribution in [2.45, 2.75) is 45.3 Å². The van der Waals surface area contributed by atoms with Crippen LogP contribution in [-0.4, -0.2) is 44.7 Å². The Hall–Kier alpha value is -2.14. The van der Waals surface area contributed by atoms with E-state index in [1.807, 2.05) is 27.8 Å². The second-order valence-corrected chi connectivity index (χ2v) is 6.99. The number of β-amino-alcohol motifs (C(OH)–C–C–N with tert-alkyl or cyclic N) is 1. The number of rotatable bonds is 6. The Balaban J connectivity index is 1.46. The predicted octanol–water partition coefficient (Wildman–Crippen LogP) is 2.42. The van der Waals surface area contributed by atoms with Crippen molar-refractivity contribution >= 4 is 5.91 Å². The molecule has 0 spiro atoms. The Labute approximate surface area is 149 Å². The number of aliphatic hydroxyl groups is 1. The number of likely N-dealkylation sites (tertiary alicyclic amines) is 1. The molecule has 134 valence electrons. The van der Waals surface area contributed by atoms with E-state index in [1.54, 1.807) is 12.5 Å². The second kappa shape index (κ2) is 8.30. The highest BCUT2D eigenvalue weighted by Crippen LogP contribution is 2.24. The van der Waals surface area contributed by atoms with Gasteiger partial charge >= 0.3 is 0 Å². The molecule has 2 aromatic rings. The van der Waals surface area contributed by atoms with Gasteiger partial charge in [0, 0.05) is 38.4 Å². The molecule has 0 radical (unpaired) electrons. The van der Waals surface area contributed by atoms with Gasteiger partial charge in [-0.15, -0.1) is 0 Å². The van der Waals surface area contributed by atoms with Crippen LogP contribution in [0.2, 0.25) is 0 Å². The molecule has 5 nitrogen and oxygen atoms in total. The third kappa shape index (κ3) is 4.69. The van der Waals surface area contributed by atoms with Crippen molar-refractivity contribution in [3.05, 3.63) is 54.1 Å². The molecule has 0 bridgehead atoms. The Morgan fingerprint density at radius 3 is 2.92 bits per heavy atom. The Bertz CT molecular complexity index is 684. The number of benzene rings is 1. The first-order valence-corrected chi connectivity index (χ1v) is 9.09. The minimum atomic E-state index is -0.439. The van der Waals surface area contributed by atoms with E-state index < -0.39 is 6.10 Å². The van der Waals surface area contributed by atoms with E-state index in [1.165, 1.54) is 11.1 Å². The zero-order chi connectivity index (χ0) is 17.6. The van der Waals surface area contributed by atoms with Gasteiger partial charge in [0.25, 0.3) is 0 Å². The van der Waals surface area contributed by atoms with Crippen molar-refractivity contribution in [1.82, 2.24) is 14.5 Å². The average Bonchev–Trinajstić information content (AvgIpc) is 3.12. The lowest BCUT2D eigenvalue weighted by Crippen LogP contribution is -2.47. The number of hydrogen-bond donors (Lipinski definition) is 1. The van der Waals surface area contributed by atoms with Gasteiger partial charge in [0.1, 0.15) is 0 Å². The summed E-state index contributed by atoms with van der Waals surface area (Å²) in [6.45, 7) is 4.12. The quantitative estimate of drug-likeness (QED) is 0.878. The molecule has 2 atom stereocenters. The van der Waals surface area contributed by atoms with Crippen molar-refractivity contribution in [3.63, 3.8) is 0 Å². The molecule has 0 unspecified atom stereocenters. The Kier molecular flexibility index (Phi) is 5.87. The molecule has 1 amide bonds. The topological polar surface area (TPSA) is 58.4 Å². The van der Waals surface area contributed by atoms with Crippen LogP contribution >= 0.6 is 0 Å². The van der Waals surface area contributed by atoms with Crippen LogP contribution in [0, 0.1) is 12.8 Å². The first-order chi connectivity index (χ1) is 12.1. The van der Waals surface area contributed by atoms with Gasteiger partial charge in [-0.2, -0.15) is 0 Å². The molecule has 2 heterocycles. The van der Waals surface area contributed by atoms with Gasteiger partial charge in [-0.3, -0.25) is 4.79 Å². The summed E-state index contributed by atoms with van der Waals surface area (Å²) in [5.74, 6) is 0.379. The first kappa shape index (κ1) is 17.7. The molecule has 1 aliphatic heterocycles. The van der Waals surface area contributed by atoms with E-state index in [9.17, 15) is 9.90 Å². The molecular formula is C20H27N3O2. The molecule has 1 N–H and O–H groups in total. The molecular weight excluding hydrogens is 314 g/mol. The van der Waals surface area contributed by atoms with E-state index >= 15 is 0 Å². The van der Waals surface area contributed by atoms with Crippen LogP contribution < -0.4 is 0 Å². The van der Waals surface area contributed by atoms with Gasteiger partial charge in [0.15, 0.2) is 0 Å². The molecule has 0 saturated carbocycles. The van der Waals surface area contributed by atoms with Crippen molar-refractivity contribution < 1.29 is 9.90 Å². The highest BCUT2D eigenvalue weighted by Gasteiger charge is 2.30. The summed E-state index contributed by atoms with van der Waals surface area (Å²) >= 11 is 0. The molecule has 1 aromatic heterocycles. The Morgan fingerprint density at radius 1 is 1.36 bits per heavy atom. The lowest BCUT2D eigenvalue weighted by molar-refractivity contribution is -0.135. The average molecular weight is 341 g/mol. The minimum absolute atomic E-state index is 0.147. The fourth-order valence-electron chi connectivity index (χ4n) is 3.56. The summed E-state index contributed by atoms with van der Waals surface area (Å²) in [6.07, 6.45) is 8.06. The minimum Gasteiger partial charge on any atom is -0.391 e. The summed E-state index contributed by atoms with van der Waals surface area (Å²) in [7, 11) is 0. The zero-order valence-corrected chi connectivity index (χ0v) is 14.8. The number of aliphatic hydroxyl groups excluding tert-OH is 1. The maximum Gasteiger partial charge on any atom is 0.222 e. The number of carbonyl (C=O) groups excluding carboxylic acids is 1. The number of imidazole rings is 1. The highest BCUT2D eigenvalue weighted by molar-refractivity contribution is 5.76. The van der Waals surface area contributed by atoms with Gasteiger partial charge in [-0.1, -0.05) is 24.3 Å². The van der Waals surface area contributed by atoms with Crippen molar-refractivity contribution in [1.29, 1.82) is 0 Å². The lowest BCUT2D eigenvalue weighted by atomic mass is 9.86. The summed E-state index contributed by atoms with van der Waals surface area (Å²) in [5, 5.41) is 10.5. The van der Waals surface area contributed by atoms with Crippen LogP contribution in [-0.2, 0) is 17.8 Å². The highest BCUT2D eigenvalue weighted by atomic mass is 16.3. The molecule has 1 aliphatic rings. The van der Waals surface area contributed by atoms with Crippen LogP contribution in [0.4, 0.5) is 0 Å². The van der Waals surface area contributed by atoms with Crippen LogP contribution in [0.25, 0.3) is 0 Å². The van der Waals surface area contributed by atoms with Crippen molar-refractivity contribution in [2.24, 2.45) is 5.92 Å². The summed E-state index contributed by atoms with van der Waals surface area (Å²) in [6, 6.07) is 8.34. The summed E-state index contributed by atoms with van der Waals surface area (Å²) in [4.78, 5) is 18.2. The number of amides is 1.